The van der Waals surface area contributed by atoms with Gasteiger partial charge in [0.1, 0.15) is 0 Å². The maximum atomic E-state index is 12.2. The number of hydrogen-bond donors (Lipinski definition) is 1. The molecule has 2 nitrogen and oxygen atoms in total. The van der Waals surface area contributed by atoms with E-state index in [2.05, 4.69) is 31.4 Å². The number of nitrogens with zero attached hydrogens (tertiary/aromatic N) is 1. The molecule has 15 heavy (non-hydrogen) atoms. The van der Waals surface area contributed by atoms with E-state index in [9.17, 15) is 4.79 Å². The van der Waals surface area contributed by atoms with Crippen LogP contribution in [0.5, 0.6) is 0 Å². The van der Waals surface area contributed by atoms with Crippen LogP contribution in [0.3, 0.4) is 0 Å². The fraction of sp³-hybridized carbons (Fsp3) is 0.917. The van der Waals surface area contributed by atoms with Gasteiger partial charge in [0.05, 0.1) is 0 Å². The number of thiol groups is 1. The quantitative estimate of drug-likeness (QED) is 0.735. The molecule has 1 aliphatic carbocycles. The predicted molar refractivity (Wildman–Crippen MR) is 65.2 cm³/mol. The summed E-state index contributed by atoms with van der Waals surface area (Å²) in [6, 6.07) is 0. The van der Waals surface area contributed by atoms with Crippen molar-refractivity contribution < 1.29 is 4.79 Å². The summed E-state index contributed by atoms with van der Waals surface area (Å²) in [4.78, 5) is 14.2. The largest absolute Gasteiger partial charge is 0.338 e. The van der Waals surface area contributed by atoms with E-state index in [1.54, 1.807) is 0 Å². The molecule has 1 saturated heterocycles. The summed E-state index contributed by atoms with van der Waals surface area (Å²) in [5.74, 6) is 1.22. The lowest BCUT2D eigenvalue weighted by Gasteiger charge is -2.32. The highest BCUT2D eigenvalue weighted by Gasteiger charge is 2.45. The molecule has 0 aromatic heterocycles. The van der Waals surface area contributed by atoms with Gasteiger partial charge in [-0.05, 0) is 50.7 Å². The third-order valence-electron chi connectivity index (χ3n) is 4.02. The molecule has 2 fully saturated rings. The fourth-order valence-corrected chi connectivity index (χ4v) is 2.98. The van der Waals surface area contributed by atoms with Crippen molar-refractivity contribution in [3.63, 3.8) is 0 Å². The molecule has 86 valence electrons. The van der Waals surface area contributed by atoms with E-state index >= 15 is 0 Å². The molecular weight excluding hydrogens is 206 g/mol. The third kappa shape index (κ3) is 2.17. The lowest BCUT2D eigenvalue weighted by atomic mass is 9.99. The summed E-state index contributed by atoms with van der Waals surface area (Å²) in [7, 11) is 0. The van der Waals surface area contributed by atoms with Crippen molar-refractivity contribution in [2.75, 3.05) is 12.3 Å². The van der Waals surface area contributed by atoms with Crippen LogP contribution in [0.2, 0.25) is 0 Å². The van der Waals surface area contributed by atoms with Gasteiger partial charge in [-0.3, -0.25) is 4.79 Å². The zero-order valence-corrected chi connectivity index (χ0v) is 10.6. The van der Waals surface area contributed by atoms with Crippen LogP contribution < -0.4 is 0 Å². The first kappa shape index (κ1) is 11.3. The van der Waals surface area contributed by atoms with E-state index in [0.717, 1.165) is 31.6 Å². The summed E-state index contributed by atoms with van der Waals surface area (Å²) in [5.41, 5.74) is 0.350. The number of carbonyl (C=O) groups is 1. The molecule has 0 spiro atoms. The fourth-order valence-electron chi connectivity index (χ4n) is 2.55. The van der Waals surface area contributed by atoms with Crippen LogP contribution in [0, 0.1) is 5.41 Å². The maximum absolute atomic E-state index is 12.2. The summed E-state index contributed by atoms with van der Waals surface area (Å²) < 4.78 is 0. The summed E-state index contributed by atoms with van der Waals surface area (Å²) >= 11 is 4.35. The Balaban J connectivity index is 1.96. The van der Waals surface area contributed by atoms with Crippen molar-refractivity contribution in [1.29, 1.82) is 0 Å². The van der Waals surface area contributed by atoms with Crippen LogP contribution in [0.4, 0.5) is 0 Å². The topological polar surface area (TPSA) is 20.3 Å². The Morgan fingerprint density at radius 2 is 2.00 bits per heavy atom. The Hall–Kier alpha value is -0.180. The van der Waals surface area contributed by atoms with Gasteiger partial charge in [-0.1, -0.05) is 0 Å². The zero-order chi connectivity index (χ0) is 11.1. The minimum absolute atomic E-state index is 0.0871. The third-order valence-corrected chi connectivity index (χ3v) is 4.69. The molecule has 2 aliphatic rings. The molecule has 0 unspecified atom stereocenters. The van der Waals surface area contributed by atoms with Gasteiger partial charge in [0.15, 0.2) is 0 Å². The molecule has 0 atom stereocenters. The summed E-state index contributed by atoms with van der Waals surface area (Å²) in [5, 5.41) is 0. The highest BCUT2D eigenvalue weighted by Crippen LogP contribution is 2.50. The average Bonchev–Trinajstić information content (AvgIpc) is 2.84. The van der Waals surface area contributed by atoms with E-state index in [0.29, 0.717) is 5.91 Å². The molecule has 0 radical (unpaired) electrons. The average molecular weight is 227 g/mol. The number of likely N-dealkylation sites (tertiary alicyclic amines) is 1. The van der Waals surface area contributed by atoms with Crippen molar-refractivity contribution in [2.24, 2.45) is 5.41 Å². The van der Waals surface area contributed by atoms with Crippen LogP contribution in [-0.2, 0) is 4.79 Å². The predicted octanol–water partition coefficient (Wildman–Crippen LogP) is 2.49. The Labute approximate surface area is 97.8 Å². The monoisotopic (exact) mass is 227 g/mol. The van der Waals surface area contributed by atoms with E-state index in [1.165, 1.54) is 12.8 Å². The maximum Gasteiger partial charge on any atom is 0.223 e. The van der Waals surface area contributed by atoms with Gasteiger partial charge in [-0.25, -0.2) is 0 Å². The van der Waals surface area contributed by atoms with Crippen molar-refractivity contribution in [3.05, 3.63) is 0 Å². The van der Waals surface area contributed by atoms with E-state index in [4.69, 9.17) is 0 Å². The lowest BCUT2D eigenvalue weighted by Crippen LogP contribution is -2.43. The zero-order valence-electron chi connectivity index (χ0n) is 9.75. The number of rotatable bonds is 3. The molecule has 0 N–H and O–H groups in total. The van der Waals surface area contributed by atoms with Gasteiger partial charge in [0.2, 0.25) is 5.91 Å². The molecule has 3 heteroatoms. The SMILES string of the molecule is CC1(C)CCCN1C(=O)CC1(CS)CC1. The van der Waals surface area contributed by atoms with Gasteiger partial charge >= 0.3 is 0 Å². The van der Waals surface area contributed by atoms with Gasteiger partial charge in [-0.15, -0.1) is 0 Å². The Morgan fingerprint density at radius 3 is 2.40 bits per heavy atom. The molecule has 1 aliphatic heterocycles. The van der Waals surface area contributed by atoms with Crippen LogP contribution in [-0.4, -0.2) is 28.6 Å². The summed E-state index contributed by atoms with van der Waals surface area (Å²) in [6.07, 6.45) is 5.41. The van der Waals surface area contributed by atoms with Crippen molar-refractivity contribution in [2.45, 2.75) is 51.5 Å². The van der Waals surface area contributed by atoms with Crippen LogP contribution in [0.25, 0.3) is 0 Å². The van der Waals surface area contributed by atoms with E-state index in [1.807, 2.05) is 0 Å². The van der Waals surface area contributed by atoms with E-state index < -0.39 is 0 Å². The minimum atomic E-state index is 0.0871. The van der Waals surface area contributed by atoms with Crippen LogP contribution in [0.1, 0.15) is 46.0 Å². The number of carbonyl (C=O) groups excluding carboxylic acids is 1. The standard InChI is InChI=1S/C12H21NOS/c1-11(2)4-3-7-13(11)10(14)8-12(9-15)5-6-12/h15H,3-9H2,1-2H3. The normalized spacial score (nSPS) is 26.7. The van der Waals surface area contributed by atoms with Crippen LogP contribution >= 0.6 is 12.6 Å². The second-order valence-electron chi connectivity index (χ2n) is 5.80. The molecule has 0 aromatic rings. The van der Waals surface area contributed by atoms with Gasteiger partial charge in [0.25, 0.3) is 0 Å². The highest BCUT2D eigenvalue weighted by molar-refractivity contribution is 7.80. The van der Waals surface area contributed by atoms with Crippen molar-refractivity contribution in [1.82, 2.24) is 4.90 Å². The first-order valence-electron chi connectivity index (χ1n) is 5.91. The smallest absolute Gasteiger partial charge is 0.223 e. The molecular formula is C12H21NOS. The number of amides is 1. The summed E-state index contributed by atoms with van der Waals surface area (Å²) in [6.45, 7) is 5.31. The molecule has 2 rings (SSSR count). The second-order valence-corrected chi connectivity index (χ2v) is 6.11. The second kappa shape index (κ2) is 3.69. The van der Waals surface area contributed by atoms with Crippen molar-refractivity contribution >= 4 is 18.5 Å². The van der Waals surface area contributed by atoms with Gasteiger partial charge < -0.3 is 4.90 Å². The van der Waals surface area contributed by atoms with Gasteiger partial charge in [-0.2, -0.15) is 12.6 Å². The molecule has 0 aromatic carbocycles. The molecule has 1 heterocycles. The minimum Gasteiger partial charge on any atom is -0.338 e. The first-order valence-corrected chi connectivity index (χ1v) is 6.54. The molecule has 0 bridgehead atoms. The molecule has 1 amide bonds. The van der Waals surface area contributed by atoms with E-state index in [-0.39, 0.29) is 11.0 Å². The van der Waals surface area contributed by atoms with Crippen molar-refractivity contribution in [3.8, 4) is 0 Å². The Bertz CT molecular complexity index is 271. The number of hydrogen-bond acceptors (Lipinski definition) is 2. The highest BCUT2D eigenvalue weighted by atomic mass is 32.1. The Morgan fingerprint density at radius 1 is 1.33 bits per heavy atom. The van der Waals surface area contributed by atoms with Gasteiger partial charge in [0, 0.05) is 18.5 Å². The lowest BCUT2D eigenvalue weighted by molar-refractivity contribution is -0.135. The molecule has 1 saturated carbocycles. The Kier molecular flexibility index (Phi) is 2.78. The van der Waals surface area contributed by atoms with Crippen LogP contribution in [0.15, 0.2) is 0 Å². The first-order chi connectivity index (χ1) is 6.99.